The van der Waals surface area contributed by atoms with Gasteiger partial charge in [0.15, 0.2) is 11.5 Å². The number of H-pyrrole nitrogens is 2. The molecule has 1 unspecified atom stereocenters. The van der Waals surface area contributed by atoms with Crippen molar-refractivity contribution in [2.75, 3.05) is 52.8 Å². The van der Waals surface area contributed by atoms with E-state index in [4.69, 9.17) is 14.2 Å². The Balaban J connectivity index is 1.20. The number of carbonyl (C=O) groups excluding carboxylic acids is 2. The maximum Gasteiger partial charge on any atom is 0.261 e. The van der Waals surface area contributed by atoms with Gasteiger partial charge in [0.2, 0.25) is 5.75 Å². The Kier molecular flexibility index (Phi) is 8.21. The number of nitrogens with zero attached hydrogens (tertiary/aromatic N) is 3. The number of aryl methyl sites for hydroxylation is 1. The zero-order valence-corrected chi connectivity index (χ0v) is 25.6. The third-order valence-electron chi connectivity index (χ3n) is 8.32. The predicted molar refractivity (Wildman–Crippen MR) is 167 cm³/mol. The van der Waals surface area contributed by atoms with E-state index in [2.05, 4.69) is 25.2 Å². The van der Waals surface area contributed by atoms with Crippen LogP contribution in [0.2, 0.25) is 0 Å². The number of anilines is 1. The number of imidazole rings is 1. The number of hydrogen-bond acceptors (Lipinski definition) is 10. The van der Waals surface area contributed by atoms with Crippen LogP contribution in [0, 0.1) is 6.92 Å². The molecule has 2 aliphatic heterocycles. The lowest BCUT2D eigenvalue weighted by molar-refractivity contribution is 0.0516. The highest BCUT2D eigenvalue weighted by molar-refractivity contribution is 6.23. The Morgan fingerprint density at radius 3 is 2.38 bits per heavy atom. The minimum atomic E-state index is -0.962. The molecule has 0 aliphatic carbocycles. The standard InChI is InChI=1S/C32H36N6O7/c1-17-11-25(43-3)28(26(12-17)44-4)45-16-19(39)15-34-22-5-8-33-30(40)27(22)29-35-23-13-20-21(14-24(23)36-29)32(42)38(31(20)41)18-6-9-37(2)10-7-18/h5,8,11-14,18-19,39H,6-7,9-10,15-16H2,1-4H3,(H,35,36)(H2,33,34,40). The minimum absolute atomic E-state index is 0.0528. The molecule has 236 valence electrons. The van der Waals surface area contributed by atoms with Crippen molar-refractivity contribution >= 4 is 28.5 Å². The molecule has 13 nitrogen and oxygen atoms in total. The topological polar surface area (TPSA) is 162 Å². The summed E-state index contributed by atoms with van der Waals surface area (Å²) in [6.45, 7) is 3.54. The number of pyridine rings is 1. The SMILES string of the molecule is COc1cc(C)cc(OC)c1OCC(O)CNc1cc[nH]c(=O)c1-c1nc2cc3c(cc2[nH]1)C(=O)N(C1CCN(C)CC1)C3=O. The first-order valence-electron chi connectivity index (χ1n) is 14.8. The summed E-state index contributed by atoms with van der Waals surface area (Å²) in [4.78, 5) is 53.7. The molecule has 1 atom stereocenters. The van der Waals surface area contributed by atoms with Gasteiger partial charge in [-0.1, -0.05) is 0 Å². The quantitative estimate of drug-likeness (QED) is 0.195. The number of likely N-dealkylation sites (tertiary alicyclic amines) is 1. The number of rotatable bonds is 10. The van der Waals surface area contributed by atoms with Crippen LogP contribution in [0.4, 0.5) is 5.69 Å². The molecule has 4 heterocycles. The summed E-state index contributed by atoms with van der Waals surface area (Å²) in [6, 6.07) is 8.40. The van der Waals surface area contributed by atoms with Gasteiger partial charge < -0.3 is 39.5 Å². The van der Waals surface area contributed by atoms with Gasteiger partial charge in [-0.25, -0.2) is 4.98 Å². The first-order chi connectivity index (χ1) is 21.7. The van der Waals surface area contributed by atoms with E-state index in [0.717, 1.165) is 31.5 Å². The molecule has 45 heavy (non-hydrogen) atoms. The van der Waals surface area contributed by atoms with Crippen LogP contribution < -0.4 is 25.1 Å². The van der Waals surface area contributed by atoms with Crippen molar-refractivity contribution in [3.05, 3.63) is 63.6 Å². The Morgan fingerprint density at radius 1 is 1.04 bits per heavy atom. The number of imide groups is 1. The maximum atomic E-state index is 13.3. The van der Waals surface area contributed by atoms with Gasteiger partial charge >= 0.3 is 0 Å². The number of aromatic nitrogens is 3. The van der Waals surface area contributed by atoms with E-state index in [1.807, 2.05) is 26.1 Å². The molecule has 2 aromatic carbocycles. The number of amides is 2. The fourth-order valence-electron chi connectivity index (χ4n) is 5.95. The van der Waals surface area contributed by atoms with E-state index >= 15 is 0 Å². The number of aliphatic hydroxyl groups excluding tert-OH is 1. The molecule has 13 heteroatoms. The second-order valence-corrected chi connectivity index (χ2v) is 11.5. The van der Waals surface area contributed by atoms with Gasteiger partial charge in [0, 0.05) is 18.8 Å². The smallest absolute Gasteiger partial charge is 0.261 e. The van der Waals surface area contributed by atoms with E-state index in [0.29, 0.717) is 45.1 Å². The molecule has 1 saturated heterocycles. The normalized spacial score (nSPS) is 16.2. The van der Waals surface area contributed by atoms with Crippen molar-refractivity contribution in [3.8, 4) is 28.6 Å². The third-order valence-corrected chi connectivity index (χ3v) is 8.32. The van der Waals surface area contributed by atoms with Crippen molar-refractivity contribution in [2.24, 2.45) is 0 Å². The number of aliphatic hydroxyl groups is 1. The number of carbonyl (C=O) groups is 2. The van der Waals surface area contributed by atoms with Gasteiger partial charge in [-0.15, -0.1) is 0 Å². The van der Waals surface area contributed by atoms with Crippen LogP contribution in [0.3, 0.4) is 0 Å². The highest BCUT2D eigenvalue weighted by Gasteiger charge is 2.41. The Labute approximate surface area is 259 Å². The number of benzene rings is 2. The largest absolute Gasteiger partial charge is 0.493 e. The van der Waals surface area contributed by atoms with E-state index in [1.165, 1.54) is 25.3 Å². The molecule has 0 saturated carbocycles. The van der Waals surface area contributed by atoms with Crippen LogP contribution in [-0.4, -0.2) is 101 Å². The third kappa shape index (κ3) is 5.71. The summed E-state index contributed by atoms with van der Waals surface area (Å²) in [6.07, 6.45) is 2.01. The van der Waals surface area contributed by atoms with Crippen molar-refractivity contribution in [3.63, 3.8) is 0 Å². The van der Waals surface area contributed by atoms with E-state index < -0.39 is 11.7 Å². The number of methoxy groups -OCH3 is 2. The van der Waals surface area contributed by atoms with Crippen LogP contribution in [0.5, 0.6) is 17.2 Å². The van der Waals surface area contributed by atoms with Crippen LogP contribution in [0.1, 0.15) is 39.1 Å². The van der Waals surface area contributed by atoms with E-state index in [9.17, 15) is 19.5 Å². The molecule has 6 rings (SSSR count). The zero-order valence-electron chi connectivity index (χ0n) is 25.6. The van der Waals surface area contributed by atoms with Gasteiger partial charge in [0.05, 0.1) is 42.1 Å². The first kappa shape index (κ1) is 30.2. The van der Waals surface area contributed by atoms with Crippen molar-refractivity contribution in [1.82, 2.24) is 24.8 Å². The van der Waals surface area contributed by atoms with Gasteiger partial charge in [-0.3, -0.25) is 19.3 Å². The molecule has 0 bridgehead atoms. The highest BCUT2D eigenvalue weighted by atomic mass is 16.5. The maximum absolute atomic E-state index is 13.3. The Morgan fingerprint density at radius 2 is 1.71 bits per heavy atom. The average Bonchev–Trinajstić information content (AvgIpc) is 3.55. The molecular weight excluding hydrogens is 580 g/mol. The minimum Gasteiger partial charge on any atom is -0.493 e. The van der Waals surface area contributed by atoms with Crippen molar-refractivity contribution in [1.29, 1.82) is 0 Å². The molecule has 2 amide bonds. The summed E-state index contributed by atoms with van der Waals surface area (Å²) >= 11 is 0. The lowest BCUT2D eigenvalue weighted by Gasteiger charge is -2.33. The second-order valence-electron chi connectivity index (χ2n) is 11.5. The molecule has 4 N–H and O–H groups in total. The number of nitrogens with one attached hydrogen (secondary N) is 3. The van der Waals surface area contributed by atoms with Gasteiger partial charge in [-0.05, 0) is 75.8 Å². The summed E-state index contributed by atoms with van der Waals surface area (Å²) in [5, 5.41) is 13.8. The Bertz CT molecular complexity index is 1750. The summed E-state index contributed by atoms with van der Waals surface area (Å²) in [5.74, 6) is 0.981. The number of fused-ring (bicyclic) bond motifs is 2. The van der Waals surface area contributed by atoms with Gasteiger partial charge in [0.1, 0.15) is 24.1 Å². The highest BCUT2D eigenvalue weighted by Crippen LogP contribution is 2.38. The number of hydrogen-bond donors (Lipinski definition) is 4. The second kappa shape index (κ2) is 12.3. The van der Waals surface area contributed by atoms with Crippen LogP contribution in [0.25, 0.3) is 22.4 Å². The van der Waals surface area contributed by atoms with E-state index in [1.54, 1.807) is 18.2 Å². The Hall–Kier alpha value is -4.88. The van der Waals surface area contributed by atoms with Crippen LogP contribution in [-0.2, 0) is 0 Å². The fourth-order valence-corrected chi connectivity index (χ4v) is 5.95. The molecule has 0 radical (unpaired) electrons. The van der Waals surface area contributed by atoms with Gasteiger partial charge in [0.25, 0.3) is 17.4 Å². The monoisotopic (exact) mass is 616 g/mol. The van der Waals surface area contributed by atoms with Gasteiger partial charge in [-0.2, -0.15) is 0 Å². The zero-order chi connectivity index (χ0) is 31.8. The lowest BCUT2D eigenvalue weighted by Crippen LogP contribution is -2.46. The molecule has 0 spiro atoms. The lowest BCUT2D eigenvalue weighted by atomic mass is 10.0. The van der Waals surface area contributed by atoms with Crippen LogP contribution in [0.15, 0.2) is 41.3 Å². The molecule has 2 aliphatic rings. The summed E-state index contributed by atoms with van der Waals surface area (Å²) in [7, 11) is 5.09. The number of piperidine rings is 1. The molecular formula is C32H36N6O7. The van der Waals surface area contributed by atoms with Crippen molar-refractivity contribution < 1.29 is 28.9 Å². The first-order valence-corrected chi connectivity index (χ1v) is 14.8. The molecule has 4 aromatic rings. The molecule has 1 fully saturated rings. The van der Waals surface area contributed by atoms with Crippen LogP contribution >= 0.6 is 0 Å². The number of aromatic amines is 2. The number of ether oxygens (including phenoxy) is 3. The van der Waals surface area contributed by atoms with Crippen molar-refractivity contribution in [2.45, 2.75) is 31.9 Å². The molecule has 2 aromatic heterocycles. The van der Waals surface area contributed by atoms with E-state index in [-0.39, 0.29) is 42.4 Å². The fraction of sp³-hybridized carbons (Fsp3) is 0.375. The summed E-state index contributed by atoms with van der Waals surface area (Å²) < 4.78 is 16.7. The average molecular weight is 617 g/mol. The predicted octanol–water partition coefficient (Wildman–Crippen LogP) is 2.79. The summed E-state index contributed by atoms with van der Waals surface area (Å²) in [5.41, 5.74) is 2.79.